The maximum Gasteiger partial charge on any atom is 0.416 e. The van der Waals surface area contributed by atoms with Gasteiger partial charge in [0.2, 0.25) is 10.0 Å². The Balaban J connectivity index is 1.32. The molecule has 0 unspecified atom stereocenters. The fourth-order valence-electron chi connectivity index (χ4n) is 4.14. The van der Waals surface area contributed by atoms with Crippen LogP contribution < -0.4 is 10.0 Å². The Hall–Kier alpha value is -4.68. The van der Waals surface area contributed by atoms with Gasteiger partial charge in [-0.15, -0.1) is 0 Å². The van der Waals surface area contributed by atoms with Crippen molar-refractivity contribution in [2.45, 2.75) is 11.1 Å². The van der Waals surface area contributed by atoms with E-state index >= 15 is 0 Å². The van der Waals surface area contributed by atoms with Gasteiger partial charge in [-0.2, -0.15) is 18.3 Å². The number of phenolic OH excluding ortho intramolecular Hbond substituents is 1. The van der Waals surface area contributed by atoms with Crippen LogP contribution in [0.25, 0.3) is 28.1 Å². The Morgan fingerprint density at radius 2 is 1.61 bits per heavy atom. The molecule has 3 N–H and O–H groups in total. The molecule has 0 aliphatic heterocycles. The first kappa shape index (κ1) is 27.9. The number of phenols is 1. The van der Waals surface area contributed by atoms with Crippen molar-refractivity contribution < 1.29 is 26.7 Å². The van der Waals surface area contributed by atoms with E-state index in [0.717, 1.165) is 46.6 Å². The molecule has 2 aromatic heterocycles. The van der Waals surface area contributed by atoms with Crippen molar-refractivity contribution in [2.75, 3.05) is 18.4 Å². The molecule has 0 bridgehead atoms. The first-order valence-corrected chi connectivity index (χ1v) is 13.9. The van der Waals surface area contributed by atoms with E-state index in [4.69, 9.17) is 5.10 Å². The Morgan fingerprint density at radius 1 is 0.854 bits per heavy atom. The van der Waals surface area contributed by atoms with Crippen LogP contribution in [0.1, 0.15) is 5.56 Å². The predicted molar refractivity (Wildman–Crippen MR) is 149 cm³/mol. The third kappa shape index (κ3) is 6.56. The molecule has 0 saturated heterocycles. The first-order chi connectivity index (χ1) is 19.6. The number of alkyl halides is 3. The minimum atomic E-state index is -4.55. The molecule has 5 aromatic rings. The number of aromatic nitrogens is 3. The summed E-state index contributed by atoms with van der Waals surface area (Å²) in [6.45, 7) is 0.134. The molecular weight excluding hydrogens is 555 g/mol. The van der Waals surface area contributed by atoms with Crippen molar-refractivity contribution in [3.05, 3.63) is 109 Å². The van der Waals surface area contributed by atoms with Crippen LogP contribution in [0.15, 0.2) is 108 Å². The molecule has 0 spiro atoms. The molecule has 0 atom stereocenters. The molecule has 2 heterocycles. The minimum absolute atomic E-state index is 0.0320. The van der Waals surface area contributed by atoms with E-state index in [1.807, 2.05) is 48.7 Å². The van der Waals surface area contributed by atoms with Gasteiger partial charge in [0.05, 0.1) is 16.1 Å². The Morgan fingerprint density at radius 3 is 2.32 bits per heavy atom. The van der Waals surface area contributed by atoms with Gasteiger partial charge in [-0.3, -0.25) is 0 Å². The molecule has 12 heteroatoms. The van der Waals surface area contributed by atoms with E-state index < -0.39 is 21.8 Å². The minimum Gasteiger partial charge on any atom is -0.508 e. The number of hydrogen-bond donors (Lipinski definition) is 3. The summed E-state index contributed by atoms with van der Waals surface area (Å²) < 4.78 is 67.4. The molecule has 0 fully saturated rings. The van der Waals surface area contributed by atoms with E-state index in [1.165, 1.54) is 0 Å². The Kier molecular flexibility index (Phi) is 7.77. The van der Waals surface area contributed by atoms with Crippen LogP contribution in [-0.4, -0.2) is 41.4 Å². The number of halogens is 3. The number of para-hydroxylation sites is 1. The lowest BCUT2D eigenvalue weighted by molar-refractivity contribution is -0.137. The van der Waals surface area contributed by atoms with Gasteiger partial charge in [-0.1, -0.05) is 30.3 Å². The predicted octanol–water partition coefficient (Wildman–Crippen LogP) is 5.72. The largest absolute Gasteiger partial charge is 0.508 e. The van der Waals surface area contributed by atoms with Gasteiger partial charge in [-0.25, -0.2) is 22.8 Å². The van der Waals surface area contributed by atoms with Crippen LogP contribution in [-0.2, 0) is 16.2 Å². The van der Waals surface area contributed by atoms with Gasteiger partial charge in [-0.05, 0) is 66.2 Å². The highest BCUT2D eigenvalue weighted by atomic mass is 32.2. The lowest BCUT2D eigenvalue weighted by Crippen LogP contribution is -2.29. The van der Waals surface area contributed by atoms with Crippen LogP contribution in [0.2, 0.25) is 0 Å². The summed E-state index contributed by atoms with van der Waals surface area (Å²) in [7, 11) is -4.00. The normalized spacial score (nSPS) is 11.9. The number of rotatable bonds is 9. The summed E-state index contributed by atoms with van der Waals surface area (Å²) in [6.07, 6.45) is -1.06. The molecule has 0 aliphatic rings. The summed E-state index contributed by atoms with van der Waals surface area (Å²) in [5, 5.41) is 17.9. The average molecular weight is 580 g/mol. The zero-order valence-corrected chi connectivity index (χ0v) is 22.2. The molecular formula is C29H24F3N5O3S. The second-order valence-electron chi connectivity index (χ2n) is 9.00. The van der Waals surface area contributed by atoms with Crippen molar-refractivity contribution in [1.82, 2.24) is 19.5 Å². The van der Waals surface area contributed by atoms with Crippen molar-refractivity contribution >= 4 is 15.8 Å². The fourth-order valence-corrected chi connectivity index (χ4v) is 5.17. The SMILES string of the molecule is O=S(=O)(NCCNc1cc(-c2cn(-c3ccccc3)nc2-c2cccc(O)c2)ccn1)c1ccc(C(F)(F)F)cc1. The molecule has 8 nitrogen and oxygen atoms in total. The zero-order chi connectivity index (χ0) is 29.0. The van der Waals surface area contributed by atoms with E-state index in [9.17, 15) is 26.7 Å². The number of anilines is 1. The van der Waals surface area contributed by atoms with Crippen molar-refractivity contribution in [1.29, 1.82) is 0 Å². The molecule has 0 radical (unpaired) electrons. The van der Waals surface area contributed by atoms with E-state index in [0.29, 0.717) is 11.5 Å². The third-order valence-electron chi connectivity index (χ3n) is 6.14. The summed E-state index contributed by atoms with van der Waals surface area (Å²) in [4.78, 5) is 4.05. The van der Waals surface area contributed by atoms with Crippen molar-refractivity contribution in [3.8, 4) is 33.8 Å². The molecule has 0 aliphatic carbocycles. The molecule has 210 valence electrons. The smallest absolute Gasteiger partial charge is 0.416 e. The number of benzene rings is 3. The van der Waals surface area contributed by atoms with Gasteiger partial charge >= 0.3 is 6.18 Å². The first-order valence-electron chi connectivity index (χ1n) is 12.4. The van der Waals surface area contributed by atoms with Crippen LogP contribution in [0.3, 0.4) is 0 Å². The summed E-state index contributed by atoms with van der Waals surface area (Å²) in [5.74, 6) is 0.587. The summed E-state index contributed by atoms with van der Waals surface area (Å²) >= 11 is 0. The number of nitrogens with one attached hydrogen (secondary N) is 2. The fraction of sp³-hybridized carbons (Fsp3) is 0.103. The zero-order valence-electron chi connectivity index (χ0n) is 21.4. The average Bonchev–Trinajstić information content (AvgIpc) is 3.42. The van der Waals surface area contributed by atoms with Crippen LogP contribution >= 0.6 is 0 Å². The summed E-state index contributed by atoms with van der Waals surface area (Å²) in [5.41, 5.74) is 2.87. The number of aromatic hydroxyl groups is 1. The summed E-state index contributed by atoms with van der Waals surface area (Å²) in [6, 6.07) is 23.3. The number of pyridine rings is 1. The Bertz CT molecular complexity index is 1760. The van der Waals surface area contributed by atoms with Gasteiger partial charge in [0.1, 0.15) is 17.3 Å². The second kappa shape index (κ2) is 11.4. The van der Waals surface area contributed by atoms with Crippen molar-refractivity contribution in [2.24, 2.45) is 0 Å². The highest BCUT2D eigenvalue weighted by molar-refractivity contribution is 7.89. The van der Waals surface area contributed by atoms with Gasteiger partial charge in [0, 0.05) is 36.6 Å². The van der Waals surface area contributed by atoms with Gasteiger partial charge in [0.15, 0.2) is 0 Å². The van der Waals surface area contributed by atoms with Crippen LogP contribution in [0, 0.1) is 0 Å². The highest BCUT2D eigenvalue weighted by Gasteiger charge is 2.30. The maximum absolute atomic E-state index is 12.8. The van der Waals surface area contributed by atoms with E-state index in [-0.39, 0.29) is 23.7 Å². The standard InChI is InChI=1S/C29H24F3N5O3S/c30-29(31,32)22-9-11-25(12-10-22)41(39,40)35-16-15-34-27-18-20(13-14-33-27)26-19-37(23-6-2-1-3-7-23)36-28(26)21-5-4-8-24(38)17-21/h1-14,17-19,35,38H,15-16H2,(H,33,34). The maximum atomic E-state index is 12.8. The number of hydrogen-bond acceptors (Lipinski definition) is 6. The third-order valence-corrected chi connectivity index (χ3v) is 7.62. The molecule has 41 heavy (non-hydrogen) atoms. The van der Waals surface area contributed by atoms with Gasteiger partial charge in [0.25, 0.3) is 0 Å². The number of sulfonamides is 1. The van der Waals surface area contributed by atoms with Crippen molar-refractivity contribution in [3.63, 3.8) is 0 Å². The van der Waals surface area contributed by atoms with Gasteiger partial charge < -0.3 is 10.4 Å². The van der Waals surface area contributed by atoms with Crippen LogP contribution in [0.5, 0.6) is 5.75 Å². The molecule has 0 amide bonds. The molecule has 3 aromatic carbocycles. The lowest BCUT2D eigenvalue weighted by atomic mass is 10.0. The van der Waals surface area contributed by atoms with Crippen LogP contribution in [0.4, 0.5) is 19.0 Å². The highest BCUT2D eigenvalue weighted by Crippen LogP contribution is 2.34. The molecule has 0 saturated carbocycles. The quantitative estimate of drug-likeness (QED) is 0.193. The Labute approximate surface area is 234 Å². The number of nitrogens with zero attached hydrogens (tertiary/aromatic N) is 3. The topological polar surface area (TPSA) is 109 Å². The lowest BCUT2D eigenvalue weighted by Gasteiger charge is -2.11. The monoisotopic (exact) mass is 579 g/mol. The van der Waals surface area contributed by atoms with E-state index in [1.54, 1.807) is 35.1 Å². The van der Waals surface area contributed by atoms with E-state index in [2.05, 4.69) is 15.0 Å². The molecule has 5 rings (SSSR count). The second-order valence-corrected chi connectivity index (χ2v) is 10.8.